The molecule has 1 saturated carbocycles. The van der Waals surface area contributed by atoms with Gasteiger partial charge in [-0.15, -0.1) is 11.3 Å². The summed E-state index contributed by atoms with van der Waals surface area (Å²) in [6.45, 7) is 2.05. The Labute approximate surface area is 145 Å². The van der Waals surface area contributed by atoms with Crippen LogP contribution in [-0.4, -0.2) is 16.0 Å². The van der Waals surface area contributed by atoms with Gasteiger partial charge in [0.1, 0.15) is 5.82 Å². The Morgan fingerprint density at radius 2 is 2.17 bits per heavy atom. The van der Waals surface area contributed by atoms with Crippen LogP contribution in [0.5, 0.6) is 0 Å². The number of rotatable bonds is 2. The van der Waals surface area contributed by atoms with Gasteiger partial charge >= 0.3 is 0 Å². The van der Waals surface area contributed by atoms with E-state index in [9.17, 15) is 0 Å². The van der Waals surface area contributed by atoms with Crippen LogP contribution in [0.15, 0.2) is 41.9 Å². The fraction of sp³-hybridized carbons (Fsp3) is 0.368. The minimum Gasteiger partial charge on any atom is -0.284 e. The maximum atomic E-state index is 4.76. The Morgan fingerprint density at radius 3 is 3.08 bits per heavy atom. The Bertz CT molecular complexity index is 890. The second-order valence-electron chi connectivity index (χ2n) is 6.86. The van der Waals surface area contributed by atoms with E-state index in [2.05, 4.69) is 58.7 Å². The van der Waals surface area contributed by atoms with Crippen LogP contribution in [0.25, 0.3) is 10.2 Å². The van der Waals surface area contributed by atoms with Gasteiger partial charge in [-0.1, -0.05) is 18.6 Å². The second kappa shape index (κ2) is 5.53. The number of anilines is 1. The van der Waals surface area contributed by atoms with Gasteiger partial charge in [0.05, 0.1) is 21.8 Å². The maximum absolute atomic E-state index is 4.76. The van der Waals surface area contributed by atoms with E-state index in [1.54, 1.807) is 11.3 Å². The fourth-order valence-electron chi connectivity index (χ4n) is 4.30. The SMILES string of the molecule is Cc1cccc(N2NC3CCCC3C2c2ccc3scnc3c2)n1. The highest BCUT2D eigenvalue weighted by molar-refractivity contribution is 7.16. The lowest BCUT2D eigenvalue weighted by molar-refractivity contribution is 0.475. The molecule has 2 fully saturated rings. The Hall–Kier alpha value is -1.98. The highest BCUT2D eigenvalue weighted by Crippen LogP contribution is 2.45. The molecule has 0 bridgehead atoms. The standard InChI is InChI=1S/C19H20N4S/c1-12-4-2-7-18(21-12)23-19(14-5-3-6-15(14)22-23)13-8-9-17-16(10-13)20-11-24-17/h2,4,7-11,14-15,19,22H,3,5-6H2,1H3. The first kappa shape index (κ1) is 14.4. The lowest BCUT2D eigenvalue weighted by atomic mass is 9.90. The zero-order valence-corrected chi connectivity index (χ0v) is 14.5. The van der Waals surface area contributed by atoms with E-state index in [-0.39, 0.29) is 0 Å². The Kier molecular flexibility index (Phi) is 3.31. The van der Waals surface area contributed by atoms with E-state index in [1.807, 2.05) is 5.51 Å². The highest BCUT2D eigenvalue weighted by Gasteiger charge is 2.45. The molecule has 1 saturated heterocycles. The Balaban J connectivity index is 1.60. The van der Waals surface area contributed by atoms with Gasteiger partial charge in [0, 0.05) is 17.7 Å². The zero-order chi connectivity index (χ0) is 16.1. The third kappa shape index (κ3) is 2.23. The molecule has 1 aromatic carbocycles. The molecule has 0 spiro atoms. The van der Waals surface area contributed by atoms with Crippen LogP contribution in [0.3, 0.4) is 0 Å². The number of aromatic nitrogens is 2. The Morgan fingerprint density at radius 1 is 1.21 bits per heavy atom. The van der Waals surface area contributed by atoms with Crippen molar-refractivity contribution < 1.29 is 0 Å². The number of fused-ring (bicyclic) bond motifs is 2. The molecule has 3 unspecified atom stereocenters. The van der Waals surface area contributed by atoms with Crippen molar-refractivity contribution in [3.63, 3.8) is 0 Å². The lowest BCUT2D eigenvalue weighted by Crippen LogP contribution is -2.37. The van der Waals surface area contributed by atoms with Crippen molar-refractivity contribution in [2.24, 2.45) is 5.92 Å². The van der Waals surface area contributed by atoms with Crippen LogP contribution in [0.2, 0.25) is 0 Å². The molecular formula is C19H20N4S. The van der Waals surface area contributed by atoms with Crippen LogP contribution in [-0.2, 0) is 0 Å². The predicted octanol–water partition coefficient (Wildman–Crippen LogP) is 4.23. The second-order valence-corrected chi connectivity index (χ2v) is 7.75. The molecule has 2 aromatic heterocycles. The first-order chi connectivity index (χ1) is 11.8. The van der Waals surface area contributed by atoms with E-state index in [0.717, 1.165) is 17.0 Å². The zero-order valence-electron chi connectivity index (χ0n) is 13.6. The van der Waals surface area contributed by atoms with Crippen molar-refractivity contribution in [2.75, 3.05) is 5.01 Å². The molecule has 1 N–H and O–H groups in total. The molecule has 1 aliphatic heterocycles. The van der Waals surface area contributed by atoms with Crippen LogP contribution in [0.1, 0.15) is 36.6 Å². The topological polar surface area (TPSA) is 41.0 Å². The molecule has 0 amide bonds. The first-order valence-electron chi connectivity index (χ1n) is 8.62. The van der Waals surface area contributed by atoms with Gasteiger partial charge in [0.25, 0.3) is 0 Å². The number of aryl methyl sites for hydroxylation is 1. The molecular weight excluding hydrogens is 316 g/mol. The minimum absolute atomic E-state index is 0.331. The number of nitrogens with zero attached hydrogens (tertiary/aromatic N) is 3. The third-order valence-corrected chi connectivity index (χ3v) is 6.18. The molecule has 3 aromatic rings. The molecule has 1 aliphatic carbocycles. The average molecular weight is 336 g/mol. The number of nitrogens with one attached hydrogen (secondary N) is 1. The lowest BCUT2D eigenvalue weighted by Gasteiger charge is -2.28. The molecule has 4 nitrogen and oxygen atoms in total. The summed E-state index contributed by atoms with van der Waals surface area (Å²) < 4.78 is 1.26. The van der Waals surface area contributed by atoms with E-state index >= 15 is 0 Å². The monoisotopic (exact) mass is 336 g/mol. The van der Waals surface area contributed by atoms with Crippen LogP contribution >= 0.6 is 11.3 Å². The molecule has 122 valence electrons. The average Bonchev–Trinajstić information content (AvgIpc) is 3.29. The normalized spacial score (nSPS) is 26.2. The van der Waals surface area contributed by atoms with Gasteiger partial charge in [-0.3, -0.25) is 5.01 Å². The van der Waals surface area contributed by atoms with Crippen LogP contribution in [0, 0.1) is 12.8 Å². The number of hydrogen-bond acceptors (Lipinski definition) is 5. The predicted molar refractivity (Wildman–Crippen MR) is 98.1 cm³/mol. The summed E-state index contributed by atoms with van der Waals surface area (Å²) in [7, 11) is 0. The number of hydrazine groups is 1. The van der Waals surface area contributed by atoms with Crippen molar-refractivity contribution in [1.82, 2.24) is 15.4 Å². The summed E-state index contributed by atoms with van der Waals surface area (Å²) in [4.78, 5) is 9.27. The summed E-state index contributed by atoms with van der Waals surface area (Å²) in [5.74, 6) is 1.66. The summed E-state index contributed by atoms with van der Waals surface area (Å²) >= 11 is 1.70. The van der Waals surface area contributed by atoms with Crippen molar-refractivity contribution in [1.29, 1.82) is 0 Å². The summed E-state index contributed by atoms with van der Waals surface area (Å²) in [5.41, 5.74) is 9.18. The number of benzene rings is 1. The molecule has 3 heterocycles. The van der Waals surface area contributed by atoms with Gasteiger partial charge in [-0.05, 0) is 49.6 Å². The first-order valence-corrected chi connectivity index (χ1v) is 9.50. The number of hydrogen-bond donors (Lipinski definition) is 1. The largest absolute Gasteiger partial charge is 0.284 e. The molecule has 5 heteroatoms. The molecule has 0 radical (unpaired) electrons. The van der Waals surface area contributed by atoms with E-state index < -0.39 is 0 Å². The van der Waals surface area contributed by atoms with Crippen molar-refractivity contribution in [2.45, 2.75) is 38.3 Å². The van der Waals surface area contributed by atoms with E-state index in [4.69, 9.17) is 4.98 Å². The quantitative estimate of drug-likeness (QED) is 0.760. The summed E-state index contributed by atoms with van der Waals surface area (Å²) in [6, 6.07) is 13.9. The molecule has 5 rings (SSSR count). The van der Waals surface area contributed by atoms with Gasteiger partial charge < -0.3 is 0 Å². The van der Waals surface area contributed by atoms with Crippen molar-refractivity contribution >= 4 is 27.4 Å². The van der Waals surface area contributed by atoms with Gasteiger partial charge in [0.2, 0.25) is 0 Å². The molecule has 2 aliphatic rings. The summed E-state index contributed by atoms with van der Waals surface area (Å²) in [6.07, 6.45) is 3.84. The van der Waals surface area contributed by atoms with E-state index in [0.29, 0.717) is 18.0 Å². The smallest absolute Gasteiger partial charge is 0.143 e. The van der Waals surface area contributed by atoms with Gasteiger partial charge in [-0.2, -0.15) is 0 Å². The fourth-order valence-corrected chi connectivity index (χ4v) is 4.96. The van der Waals surface area contributed by atoms with Crippen LogP contribution in [0.4, 0.5) is 5.82 Å². The van der Waals surface area contributed by atoms with Crippen molar-refractivity contribution in [3.8, 4) is 0 Å². The van der Waals surface area contributed by atoms with Crippen LogP contribution < -0.4 is 10.4 Å². The third-order valence-electron chi connectivity index (χ3n) is 5.37. The van der Waals surface area contributed by atoms with Crippen molar-refractivity contribution in [3.05, 3.63) is 53.2 Å². The molecule has 3 atom stereocenters. The maximum Gasteiger partial charge on any atom is 0.143 e. The number of pyridine rings is 1. The minimum atomic E-state index is 0.331. The molecule has 24 heavy (non-hydrogen) atoms. The number of thiazole rings is 1. The highest BCUT2D eigenvalue weighted by atomic mass is 32.1. The summed E-state index contributed by atoms with van der Waals surface area (Å²) in [5, 5.41) is 2.30. The van der Waals surface area contributed by atoms with E-state index in [1.165, 1.54) is 29.5 Å². The van der Waals surface area contributed by atoms with Gasteiger partial charge in [0.15, 0.2) is 0 Å². The van der Waals surface area contributed by atoms with Gasteiger partial charge in [-0.25, -0.2) is 15.4 Å².